The van der Waals surface area contributed by atoms with E-state index in [1.165, 1.54) is 0 Å². The molecule has 2 aromatic rings. The van der Waals surface area contributed by atoms with Crippen molar-refractivity contribution in [3.8, 4) is 0 Å². The molecule has 0 fully saturated rings. The Labute approximate surface area is 141 Å². The Bertz CT molecular complexity index is 683. The molecule has 0 aliphatic rings. The number of hydrogen-bond acceptors (Lipinski definition) is 4. The minimum atomic E-state index is -0.431. The van der Waals surface area contributed by atoms with Crippen LogP contribution in [0.5, 0.6) is 0 Å². The Morgan fingerprint density at radius 1 is 1.25 bits per heavy atom. The Morgan fingerprint density at radius 3 is 2.71 bits per heavy atom. The summed E-state index contributed by atoms with van der Waals surface area (Å²) >= 11 is 0. The smallest absolute Gasteiger partial charge is 0.241 e. The van der Waals surface area contributed by atoms with Gasteiger partial charge in [-0.15, -0.1) is 0 Å². The van der Waals surface area contributed by atoms with Crippen LogP contribution in [0.15, 0.2) is 47.1 Å². The average molecular weight is 329 g/mol. The van der Waals surface area contributed by atoms with E-state index in [1.807, 2.05) is 31.2 Å². The van der Waals surface area contributed by atoms with Gasteiger partial charge in [0, 0.05) is 5.69 Å². The number of hydrogen-bond donors (Lipinski definition) is 2. The van der Waals surface area contributed by atoms with Gasteiger partial charge in [0.05, 0.1) is 25.4 Å². The molecule has 0 spiro atoms. The molecule has 0 unspecified atom stereocenters. The highest BCUT2D eigenvalue weighted by atomic mass is 16.3. The van der Waals surface area contributed by atoms with E-state index < -0.39 is 6.04 Å². The fraction of sp³-hybridized carbons (Fsp3) is 0.333. The average Bonchev–Trinajstić information content (AvgIpc) is 3.05. The van der Waals surface area contributed by atoms with E-state index in [4.69, 9.17) is 4.42 Å². The van der Waals surface area contributed by atoms with E-state index in [0.29, 0.717) is 12.3 Å². The SMILES string of the molecule is Cc1cccc(NC(=O)[C@H](C)N(C)CC(=O)NCc2ccco2)c1. The van der Waals surface area contributed by atoms with Crippen LogP contribution in [0.2, 0.25) is 0 Å². The molecule has 0 aliphatic carbocycles. The molecule has 6 heteroatoms. The summed E-state index contributed by atoms with van der Waals surface area (Å²) in [5.41, 5.74) is 1.83. The molecule has 0 saturated carbocycles. The maximum absolute atomic E-state index is 12.3. The summed E-state index contributed by atoms with van der Waals surface area (Å²) in [5, 5.41) is 5.62. The van der Waals surface area contributed by atoms with Gasteiger partial charge in [-0.25, -0.2) is 0 Å². The van der Waals surface area contributed by atoms with Crippen LogP contribution in [-0.2, 0) is 16.1 Å². The molecule has 2 rings (SSSR count). The van der Waals surface area contributed by atoms with E-state index in [-0.39, 0.29) is 18.4 Å². The number of carbonyl (C=O) groups excluding carboxylic acids is 2. The summed E-state index contributed by atoms with van der Waals surface area (Å²) < 4.78 is 5.16. The summed E-state index contributed by atoms with van der Waals surface area (Å²) in [6.45, 7) is 4.20. The van der Waals surface area contributed by atoms with Gasteiger partial charge in [-0.2, -0.15) is 0 Å². The van der Waals surface area contributed by atoms with Crippen LogP contribution >= 0.6 is 0 Å². The summed E-state index contributed by atoms with van der Waals surface area (Å²) in [4.78, 5) is 25.9. The molecule has 1 aromatic heterocycles. The lowest BCUT2D eigenvalue weighted by Crippen LogP contribution is -2.44. The molecule has 1 atom stereocenters. The molecule has 1 heterocycles. The molecule has 2 amide bonds. The van der Waals surface area contributed by atoms with Crippen molar-refractivity contribution < 1.29 is 14.0 Å². The molecule has 6 nitrogen and oxygen atoms in total. The summed E-state index contributed by atoms with van der Waals surface area (Å²) in [6, 6.07) is 10.7. The third-order valence-electron chi connectivity index (χ3n) is 3.76. The van der Waals surface area contributed by atoms with E-state index >= 15 is 0 Å². The maximum atomic E-state index is 12.3. The largest absolute Gasteiger partial charge is 0.467 e. The lowest BCUT2D eigenvalue weighted by Gasteiger charge is -2.23. The fourth-order valence-corrected chi connectivity index (χ4v) is 2.19. The Hall–Kier alpha value is -2.60. The fourth-order valence-electron chi connectivity index (χ4n) is 2.19. The number of nitrogens with one attached hydrogen (secondary N) is 2. The minimum absolute atomic E-state index is 0.128. The molecule has 1 aromatic carbocycles. The molecule has 24 heavy (non-hydrogen) atoms. The normalized spacial score (nSPS) is 12.0. The van der Waals surface area contributed by atoms with Gasteiger partial charge >= 0.3 is 0 Å². The second kappa shape index (κ2) is 8.31. The zero-order valence-corrected chi connectivity index (χ0v) is 14.2. The summed E-state index contributed by atoms with van der Waals surface area (Å²) in [7, 11) is 1.74. The zero-order valence-electron chi connectivity index (χ0n) is 14.2. The first-order valence-electron chi connectivity index (χ1n) is 7.82. The highest BCUT2D eigenvalue weighted by molar-refractivity contribution is 5.95. The number of anilines is 1. The van der Waals surface area contributed by atoms with Crippen LogP contribution in [0.3, 0.4) is 0 Å². The first kappa shape index (κ1) is 17.7. The molecule has 0 aliphatic heterocycles. The predicted molar refractivity (Wildman–Crippen MR) is 92.5 cm³/mol. The third-order valence-corrected chi connectivity index (χ3v) is 3.76. The van der Waals surface area contributed by atoms with Gasteiger partial charge in [-0.05, 0) is 50.7 Å². The number of likely N-dealkylation sites (N-methyl/N-ethyl adjacent to an activating group) is 1. The molecule has 0 bridgehead atoms. The number of rotatable bonds is 7. The summed E-state index contributed by atoms with van der Waals surface area (Å²) in [6.07, 6.45) is 1.56. The maximum Gasteiger partial charge on any atom is 0.241 e. The van der Waals surface area contributed by atoms with E-state index in [1.54, 1.807) is 37.3 Å². The number of amides is 2. The van der Waals surface area contributed by atoms with E-state index in [2.05, 4.69) is 10.6 Å². The van der Waals surface area contributed by atoms with Crippen LogP contribution in [0.25, 0.3) is 0 Å². The minimum Gasteiger partial charge on any atom is -0.467 e. The molecule has 2 N–H and O–H groups in total. The van der Waals surface area contributed by atoms with Gasteiger partial charge in [0.2, 0.25) is 11.8 Å². The molecular weight excluding hydrogens is 306 g/mol. The quantitative estimate of drug-likeness (QED) is 0.816. The van der Waals surface area contributed by atoms with Gasteiger partial charge < -0.3 is 15.1 Å². The second-order valence-electron chi connectivity index (χ2n) is 5.81. The van der Waals surface area contributed by atoms with Gasteiger partial charge in [0.15, 0.2) is 0 Å². The first-order chi connectivity index (χ1) is 11.5. The number of benzene rings is 1. The van der Waals surface area contributed by atoms with Crippen molar-refractivity contribution in [2.75, 3.05) is 18.9 Å². The molecule has 0 saturated heterocycles. The zero-order chi connectivity index (χ0) is 17.5. The van der Waals surface area contributed by atoms with Crippen LogP contribution in [0, 0.1) is 6.92 Å². The Balaban J connectivity index is 1.80. The lowest BCUT2D eigenvalue weighted by atomic mass is 10.2. The van der Waals surface area contributed by atoms with Gasteiger partial charge in [0.25, 0.3) is 0 Å². The monoisotopic (exact) mass is 329 g/mol. The lowest BCUT2D eigenvalue weighted by molar-refractivity contribution is -0.125. The highest BCUT2D eigenvalue weighted by Gasteiger charge is 2.20. The Morgan fingerprint density at radius 2 is 2.04 bits per heavy atom. The topological polar surface area (TPSA) is 74.6 Å². The summed E-state index contributed by atoms with van der Waals surface area (Å²) in [5.74, 6) is 0.377. The second-order valence-corrected chi connectivity index (χ2v) is 5.81. The molecule has 128 valence electrons. The predicted octanol–water partition coefficient (Wildman–Crippen LogP) is 2.16. The van der Waals surface area contributed by atoms with Gasteiger partial charge in [-0.3, -0.25) is 14.5 Å². The third kappa shape index (κ3) is 5.24. The standard InChI is InChI=1S/C18H23N3O3/c1-13-6-4-7-15(10-13)20-18(23)14(2)21(3)12-17(22)19-11-16-8-5-9-24-16/h4-10,14H,11-12H2,1-3H3,(H,19,22)(H,20,23)/t14-/m0/s1. The van der Waals surface area contributed by atoms with Crippen molar-refractivity contribution in [3.63, 3.8) is 0 Å². The van der Waals surface area contributed by atoms with Crippen molar-refractivity contribution in [3.05, 3.63) is 54.0 Å². The van der Waals surface area contributed by atoms with Gasteiger partial charge in [0.1, 0.15) is 5.76 Å². The van der Waals surface area contributed by atoms with Crippen molar-refractivity contribution in [1.29, 1.82) is 0 Å². The Kier molecular flexibility index (Phi) is 6.14. The van der Waals surface area contributed by atoms with Crippen molar-refractivity contribution in [2.24, 2.45) is 0 Å². The molecule has 0 radical (unpaired) electrons. The number of aryl methyl sites for hydroxylation is 1. The van der Waals surface area contributed by atoms with Crippen LogP contribution in [0.1, 0.15) is 18.2 Å². The first-order valence-corrected chi connectivity index (χ1v) is 7.82. The molecular formula is C18H23N3O3. The van der Waals surface area contributed by atoms with Gasteiger partial charge in [-0.1, -0.05) is 12.1 Å². The number of carbonyl (C=O) groups is 2. The van der Waals surface area contributed by atoms with Crippen LogP contribution < -0.4 is 10.6 Å². The number of nitrogens with zero attached hydrogens (tertiary/aromatic N) is 1. The van der Waals surface area contributed by atoms with E-state index in [0.717, 1.165) is 11.3 Å². The highest BCUT2D eigenvalue weighted by Crippen LogP contribution is 2.10. The van der Waals surface area contributed by atoms with Crippen LogP contribution in [0.4, 0.5) is 5.69 Å². The number of furan rings is 1. The van der Waals surface area contributed by atoms with Crippen molar-refractivity contribution in [2.45, 2.75) is 26.4 Å². The van der Waals surface area contributed by atoms with Crippen molar-refractivity contribution >= 4 is 17.5 Å². The van der Waals surface area contributed by atoms with Crippen molar-refractivity contribution in [1.82, 2.24) is 10.2 Å². The van der Waals surface area contributed by atoms with E-state index in [9.17, 15) is 9.59 Å². The van der Waals surface area contributed by atoms with Crippen LogP contribution in [-0.4, -0.2) is 36.3 Å².